The van der Waals surface area contributed by atoms with Gasteiger partial charge in [0.2, 0.25) is 0 Å². The number of nitrogens with zero attached hydrogens (tertiary/aromatic N) is 1. The molecule has 4 rings (SSSR count). The van der Waals surface area contributed by atoms with E-state index in [2.05, 4.69) is 18.7 Å². The first-order chi connectivity index (χ1) is 17.9. The average molecular weight is 558 g/mol. The number of hydrogen-bond acceptors (Lipinski definition) is 6. The zero-order valence-corrected chi connectivity index (χ0v) is 23.4. The molecule has 10 heteroatoms. The Bertz CT molecular complexity index is 1730. The van der Waals surface area contributed by atoms with Crippen LogP contribution in [0.1, 0.15) is 51.7 Å². The first-order valence-corrected chi connectivity index (χ1v) is 15.3. The summed E-state index contributed by atoms with van der Waals surface area (Å²) in [6, 6.07) is 14.5. The Morgan fingerprint density at radius 1 is 0.763 bits per heavy atom. The van der Waals surface area contributed by atoms with Gasteiger partial charge in [-0.2, -0.15) is 16.8 Å². The SMILES string of the molecule is CCC(CC)=c1ccc2c(c1)Oc1cc(N(CC)CC)ccc1C=2c1ccc(S(=O)(=O)O)cc1S(=O)(=O)O. The molecule has 8 nitrogen and oxygen atoms in total. The fourth-order valence-electron chi connectivity index (χ4n) is 4.92. The van der Waals surface area contributed by atoms with Gasteiger partial charge in [-0.25, -0.2) is 0 Å². The predicted molar refractivity (Wildman–Crippen MR) is 147 cm³/mol. The van der Waals surface area contributed by atoms with Crippen molar-refractivity contribution in [2.45, 2.75) is 50.3 Å². The summed E-state index contributed by atoms with van der Waals surface area (Å²) in [4.78, 5) is 0.881. The second-order valence-electron chi connectivity index (χ2n) is 8.96. The third kappa shape index (κ3) is 5.22. The highest BCUT2D eigenvalue weighted by Gasteiger charge is 2.28. The Kier molecular flexibility index (Phi) is 7.72. The third-order valence-corrected chi connectivity index (χ3v) is 8.64. The van der Waals surface area contributed by atoms with Crippen LogP contribution >= 0.6 is 0 Å². The predicted octanol–water partition coefficient (Wildman–Crippen LogP) is 4.35. The Hall–Kier alpha value is -3.18. The van der Waals surface area contributed by atoms with E-state index in [0.717, 1.165) is 49.0 Å². The van der Waals surface area contributed by atoms with Crippen molar-refractivity contribution in [1.82, 2.24) is 0 Å². The third-order valence-electron chi connectivity index (χ3n) is 6.89. The van der Waals surface area contributed by atoms with Gasteiger partial charge in [-0.3, -0.25) is 9.11 Å². The molecule has 3 aromatic carbocycles. The molecule has 1 aliphatic rings. The van der Waals surface area contributed by atoms with Crippen molar-refractivity contribution in [3.63, 3.8) is 0 Å². The molecule has 1 heterocycles. The average Bonchev–Trinajstić information content (AvgIpc) is 2.87. The molecule has 0 saturated heterocycles. The highest BCUT2D eigenvalue weighted by atomic mass is 32.2. The minimum Gasteiger partial charge on any atom is -0.456 e. The molecule has 0 amide bonds. The number of anilines is 1. The summed E-state index contributed by atoms with van der Waals surface area (Å²) < 4.78 is 74.4. The van der Waals surface area contributed by atoms with Crippen molar-refractivity contribution in [1.29, 1.82) is 0 Å². The van der Waals surface area contributed by atoms with Crippen LogP contribution in [-0.2, 0) is 20.2 Å². The molecule has 0 spiro atoms. The summed E-state index contributed by atoms with van der Waals surface area (Å²) in [5, 5.41) is 1.60. The van der Waals surface area contributed by atoms with Crippen LogP contribution in [-0.4, -0.2) is 39.0 Å². The van der Waals surface area contributed by atoms with Crippen LogP contribution in [0.5, 0.6) is 11.5 Å². The monoisotopic (exact) mass is 557 g/mol. The van der Waals surface area contributed by atoms with E-state index >= 15 is 0 Å². The summed E-state index contributed by atoms with van der Waals surface area (Å²) in [6.45, 7) is 9.81. The van der Waals surface area contributed by atoms with Crippen LogP contribution in [0.15, 0.2) is 64.4 Å². The summed E-state index contributed by atoms with van der Waals surface area (Å²) in [5.41, 5.74) is 3.29. The molecule has 0 saturated carbocycles. The van der Waals surface area contributed by atoms with E-state index in [-0.39, 0.29) is 5.56 Å². The minimum atomic E-state index is -4.88. The molecule has 0 unspecified atom stereocenters. The fraction of sp³-hybridized carbons (Fsp3) is 0.286. The topological polar surface area (TPSA) is 121 Å². The van der Waals surface area contributed by atoms with E-state index < -0.39 is 30.0 Å². The second-order valence-corrected chi connectivity index (χ2v) is 11.8. The Labute approximate surface area is 223 Å². The highest BCUT2D eigenvalue weighted by molar-refractivity contribution is 7.86. The first kappa shape index (κ1) is 27.8. The second kappa shape index (κ2) is 10.5. The van der Waals surface area contributed by atoms with Crippen molar-refractivity contribution in [2.75, 3.05) is 18.0 Å². The smallest absolute Gasteiger partial charge is 0.295 e. The number of fused-ring (bicyclic) bond motifs is 2. The number of hydrogen-bond donors (Lipinski definition) is 2. The van der Waals surface area contributed by atoms with Gasteiger partial charge in [-0.05, 0) is 68.3 Å². The summed E-state index contributed by atoms with van der Waals surface area (Å²) in [7, 11) is -9.59. The van der Waals surface area contributed by atoms with Crippen LogP contribution in [0.4, 0.5) is 5.69 Å². The lowest BCUT2D eigenvalue weighted by atomic mass is 9.92. The molecule has 0 aliphatic carbocycles. The van der Waals surface area contributed by atoms with E-state index in [4.69, 9.17) is 4.74 Å². The van der Waals surface area contributed by atoms with E-state index in [1.54, 1.807) is 0 Å². The number of rotatable bonds is 8. The van der Waals surface area contributed by atoms with Gasteiger partial charge in [0, 0.05) is 46.8 Å². The summed E-state index contributed by atoms with van der Waals surface area (Å²) in [6.07, 6.45) is 1.72. The van der Waals surface area contributed by atoms with Crippen molar-refractivity contribution in [3.8, 4) is 11.5 Å². The molecule has 1 aliphatic heterocycles. The van der Waals surface area contributed by atoms with Gasteiger partial charge in [0.1, 0.15) is 16.4 Å². The van der Waals surface area contributed by atoms with E-state index in [1.807, 2.05) is 50.2 Å². The Morgan fingerprint density at radius 2 is 1.42 bits per heavy atom. The molecule has 0 fully saturated rings. The lowest BCUT2D eigenvalue weighted by Gasteiger charge is -2.26. The first-order valence-electron chi connectivity index (χ1n) is 12.5. The summed E-state index contributed by atoms with van der Waals surface area (Å²) >= 11 is 0. The van der Waals surface area contributed by atoms with E-state index in [9.17, 15) is 25.9 Å². The zero-order chi connectivity index (χ0) is 27.8. The Balaban J connectivity index is 2.14. The highest BCUT2D eigenvalue weighted by Crippen LogP contribution is 2.40. The quantitative estimate of drug-likeness (QED) is 0.307. The van der Waals surface area contributed by atoms with Crippen LogP contribution in [0.3, 0.4) is 0 Å². The standard InChI is InChI=1S/C28H31NO7S2/c1-5-18(6-2)19-9-12-22-25(15-19)36-26-16-20(29(7-3)8-4)10-13-23(26)28(22)24-14-11-21(37(30,31)32)17-27(24)38(33,34)35/h9-17H,5-8H2,1-4H3,(H,30,31,32)(H,33,34,35). The van der Waals surface area contributed by atoms with Crippen LogP contribution in [0.25, 0.3) is 11.1 Å². The van der Waals surface area contributed by atoms with Crippen molar-refractivity contribution in [2.24, 2.45) is 0 Å². The molecule has 0 bridgehead atoms. The number of ether oxygens (including phenoxy) is 1. The molecule has 0 aromatic heterocycles. The minimum absolute atomic E-state index is 0.0872. The maximum Gasteiger partial charge on any atom is 0.295 e. The maximum absolute atomic E-state index is 12.5. The van der Waals surface area contributed by atoms with Crippen LogP contribution in [0, 0.1) is 0 Å². The molecule has 3 aromatic rings. The summed E-state index contributed by atoms with van der Waals surface area (Å²) in [5.74, 6) is 1.02. The van der Waals surface area contributed by atoms with E-state index in [0.29, 0.717) is 27.9 Å². The van der Waals surface area contributed by atoms with Gasteiger partial charge in [0.15, 0.2) is 0 Å². The van der Waals surface area contributed by atoms with E-state index in [1.165, 1.54) is 11.6 Å². The fourth-order valence-corrected chi connectivity index (χ4v) is 6.22. The van der Waals surface area contributed by atoms with Gasteiger partial charge in [0.05, 0.1) is 4.90 Å². The molecular formula is C28H31NO7S2. The lowest BCUT2D eigenvalue weighted by Crippen LogP contribution is -2.24. The van der Waals surface area contributed by atoms with Gasteiger partial charge in [0.25, 0.3) is 20.2 Å². The van der Waals surface area contributed by atoms with Gasteiger partial charge in [-0.1, -0.05) is 31.6 Å². The Morgan fingerprint density at radius 3 is 2.00 bits per heavy atom. The van der Waals surface area contributed by atoms with Crippen molar-refractivity contribution >= 4 is 37.1 Å². The largest absolute Gasteiger partial charge is 0.456 e. The van der Waals surface area contributed by atoms with Crippen LogP contribution < -0.4 is 20.1 Å². The van der Waals surface area contributed by atoms with Crippen LogP contribution in [0.2, 0.25) is 0 Å². The normalized spacial score (nSPS) is 12.9. The molecule has 202 valence electrons. The van der Waals surface area contributed by atoms with Crippen molar-refractivity contribution in [3.05, 3.63) is 76.2 Å². The zero-order valence-electron chi connectivity index (χ0n) is 21.7. The molecule has 2 N–H and O–H groups in total. The van der Waals surface area contributed by atoms with Crippen molar-refractivity contribution < 1.29 is 30.7 Å². The maximum atomic E-state index is 12.5. The number of benzene rings is 3. The molecule has 0 atom stereocenters. The van der Waals surface area contributed by atoms with Gasteiger partial charge in [-0.15, -0.1) is 0 Å². The van der Waals surface area contributed by atoms with Gasteiger partial charge < -0.3 is 9.64 Å². The van der Waals surface area contributed by atoms with Gasteiger partial charge >= 0.3 is 0 Å². The molecule has 0 radical (unpaired) electrons. The lowest BCUT2D eigenvalue weighted by molar-refractivity contribution is 0.470. The molecular weight excluding hydrogens is 526 g/mol. The molecule has 38 heavy (non-hydrogen) atoms.